The third kappa shape index (κ3) is 6.63. The molecule has 0 aromatic heterocycles. The number of piperidine rings is 1. The average Bonchev–Trinajstić information content (AvgIpc) is 2.79. The highest BCUT2D eigenvalue weighted by Crippen LogP contribution is 2.18. The number of amides is 1. The number of nitrogens with zero attached hydrogens (tertiary/aromatic N) is 2. The summed E-state index contributed by atoms with van der Waals surface area (Å²) in [6, 6.07) is 14.7. The molecule has 7 heteroatoms. The fourth-order valence-electron chi connectivity index (χ4n) is 3.80. The molecule has 1 fully saturated rings. The SMILES string of the molecule is CCN(CC)Cc1ccc(NC(=O)c2ccc(CS(=O)(=O)N3CCCCC3)cc2)cc1. The number of sulfonamides is 1. The number of hydrogen-bond donors (Lipinski definition) is 1. The van der Waals surface area contributed by atoms with Crippen molar-refractivity contribution < 1.29 is 13.2 Å². The van der Waals surface area contributed by atoms with Gasteiger partial charge in [0.2, 0.25) is 10.0 Å². The van der Waals surface area contributed by atoms with Crippen LogP contribution in [0.3, 0.4) is 0 Å². The van der Waals surface area contributed by atoms with Crippen LogP contribution in [0.4, 0.5) is 5.69 Å². The lowest BCUT2D eigenvalue weighted by Crippen LogP contribution is -2.36. The Hall–Kier alpha value is -2.22. The molecule has 0 unspecified atom stereocenters. The van der Waals surface area contributed by atoms with Gasteiger partial charge in [0.15, 0.2) is 0 Å². The van der Waals surface area contributed by atoms with Gasteiger partial charge in [-0.05, 0) is 61.3 Å². The van der Waals surface area contributed by atoms with Crippen molar-refractivity contribution in [3.8, 4) is 0 Å². The third-order valence-corrected chi connectivity index (χ3v) is 7.64. The Bertz CT molecular complexity index is 947. The molecule has 1 amide bonds. The van der Waals surface area contributed by atoms with Gasteiger partial charge in [-0.25, -0.2) is 12.7 Å². The van der Waals surface area contributed by atoms with E-state index in [1.807, 2.05) is 24.3 Å². The number of carbonyl (C=O) groups is 1. The third-order valence-electron chi connectivity index (χ3n) is 5.79. The molecule has 3 rings (SSSR count). The van der Waals surface area contributed by atoms with Crippen LogP contribution in [-0.2, 0) is 22.3 Å². The molecular formula is C24H33N3O3S. The summed E-state index contributed by atoms with van der Waals surface area (Å²) in [7, 11) is -3.31. The average molecular weight is 444 g/mol. The van der Waals surface area contributed by atoms with E-state index in [2.05, 4.69) is 24.1 Å². The van der Waals surface area contributed by atoms with Crippen LogP contribution < -0.4 is 5.32 Å². The van der Waals surface area contributed by atoms with E-state index >= 15 is 0 Å². The first-order valence-corrected chi connectivity index (χ1v) is 12.7. The second kappa shape index (κ2) is 10.9. The normalized spacial score (nSPS) is 15.2. The standard InChI is InChI=1S/C24H33N3O3S/c1-3-26(4-2)18-20-10-14-23(15-11-20)25-24(28)22-12-8-21(9-13-22)19-31(29,30)27-16-6-5-7-17-27/h8-15H,3-7,16-19H2,1-2H3,(H,25,28). The number of rotatable bonds is 9. The first-order chi connectivity index (χ1) is 14.9. The van der Waals surface area contributed by atoms with Crippen molar-refractivity contribution in [3.63, 3.8) is 0 Å². The Kier molecular flexibility index (Phi) is 8.23. The molecular weight excluding hydrogens is 410 g/mol. The Balaban J connectivity index is 1.57. The zero-order chi connectivity index (χ0) is 22.3. The van der Waals surface area contributed by atoms with E-state index in [1.54, 1.807) is 28.6 Å². The van der Waals surface area contributed by atoms with Crippen LogP contribution in [0.5, 0.6) is 0 Å². The Morgan fingerprint density at radius 1 is 0.903 bits per heavy atom. The molecule has 0 bridgehead atoms. The maximum Gasteiger partial charge on any atom is 0.255 e. The van der Waals surface area contributed by atoms with Crippen molar-refractivity contribution in [2.45, 2.75) is 45.4 Å². The van der Waals surface area contributed by atoms with E-state index < -0.39 is 10.0 Å². The molecule has 0 spiro atoms. The minimum atomic E-state index is -3.31. The van der Waals surface area contributed by atoms with Crippen LogP contribution in [0.25, 0.3) is 0 Å². The molecule has 2 aromatic carbocycles. The van der Waals surface area contributed by atoms with Crippen molar-refractivity contribution in [1.82, 2.24) is 9.21 Å². The van der Waals surface area contributed by atoms with Crippen LogP contribution in [0.2, 0.25) is 0 Å². The minimum Gasteiger partial charge on any atom is -0.322 e. The lowest BCUT2D eigenvalue weighted by Gasteiger charge is -2.25. The number of carbonyl (C=O) groups excluding carboxylic acids is 1. The van der Waals surface area contributed by atoms with E-state index in [9.17, 15) is 13.2 Å². The second-order valence-electron chi connectivity index (χ2n) is 8.03. The topological polar surface area (TPSA) is 69.7 Å². The summed E-state index contributed by atoms with van der Waals surface area (Å²) in [5.74, 6) is -0.231. The summed E-state index contributed by atoms with van der Waals surface area (Å²) >= 11 is 0. The predicted molar refractivity (Wildman–Crippen MR) is 126 cm³/mol. The molecule has 0 radical (unpaired) electrons. The van der Waals surface area contributed by atoms with Crippen molar-refractivity contribution in [3.05, 3.63) is 65.2 Å². The molecule has 6 nitrogen and oxygen atoms in total. The molecule has 31 heavy (non-hydrogen) atoms. The molecule has 0 aliphatic carbocycles. The molecule has 0 saturated carbocycles. The molecule has 0 atom stereocenters. The smallest absolute Gasteiger partial charge is 0.255 e. The van der Waals surface area contributed by atoms with E-state index in [-0.39, 0.29) is 11.7 Å². The maximum atomic E-state index is 12.6. The Labute approximate surface area is 186 Å². The summed E-state index contributed by atoms with van der Waals surface area (Å²) in [4.78, 5) is 14.9. The van der Waals surface area contributed by atoms with E-state index in [0.717, 1.165) is 44.6 Å². The van der Waals surface area contributed by atoms with Crippen LogP contribution in [-0.4, -0.2) is 49.7 Å². The van der Waals surface area contributed by atoms with Gasteiger partial charge in [0.05, 0.1) is 5.75 Å². The van der Waals surface area contributed by atoms with Gasteiger partial charge in [-0.1, -0.05) is 44.5 Å². The molecule has 1 N–H and O–H groups in total. The molecule has 168 valence electrons. The highest BCUT2D eigenvalue weighted by atomic mass is 32.2. The molecule has 1 aliphatic rings. The quantitative estimate of drug-likeness (QED) is 0.634. The highest BCUT2D eigenvalue weighted by molar-refractivity contribution is 7.88. The minimum absolute atomic E-state index is 0.0249. The van der Waals surface area contributed by atoms with Gasteiger partial charge in [-0.3, -0.25) is 9.69 Å². The lowest BCUT2D eigenvalue weighted by atomic mass is 10.1. The zero-order valence-corrected chi connectivity index (χ0v) is 19.3. The first-order valence-electron chi connectivity index (χ1n) is 11.1. The highest BCUT2D eigenvalue weighted by Gasteiger charge is 2.24. The van der Waals surface area contributed by atoms with Gasteiger partial charge in [0, 0.05) is 30.9 Å². The van der Waals surface area contributed by atoms with Gasteiger partial charge in [-0.15, -0.1) is 0 Å². The molecule has 1 aliphatic heterocycles. The van der Waals surface area contributed by atoms with E-state index in [0.29, 0.717) is 24.2 Å². The second-order valence-corrected chi connectivity index (χ2v) is 9.99. The largest absolute Gasteiger partial charge is 0.322 e. The predicted octanol–water partition coefficient (Wildman–Crippen LogP) is 4.10. The molecule has 1 saturated heterocycles. The van der Waals surface area contributed by atoms with Crippen LogP contribution in [0.1, 0.15) is 54.6 Å². The number of benzene rings is 2. The van der Waals surface area contributed by atoms with Crippen molar-refractivity contribution in [1.29, 1.82) is 0 Å². The number of nitrogens with one attached hydrogen (secondary N) is 1. The van der Waals surface area contributed by atoms with Crippen molar-refractivity contribution in [2.75, 3.05) is 31.5 Å². The summed E-state index contributed by atoms with van der Waals surface area (Å²) in [5.41, 5.74) is 3.15. The first kappa shape index (κ1) is 23.4. The van der Waals surface area contributed by atoms with Crippen molar-refractivity contribution >= 4 is 21.6 Å². The monoisotopic (exact) mass is 443 g/mol. The fourth-order valence-corrected chi connectivity index (χ4v) is 5.41. The summed E-state index contributed by atoms with van der Waals surface area (Å²) in [6.07, 6.45) is 2.94. The van der Waals surface area contributed by atoms with Crippen LogP contribution in [0, 0.1) is 0 Å². The van der Waals surface area contributed by atoms with Gasteiger partial charge >= 0.3 is 0 Å². The molecule has 1 heterocycles. The zero-order valence-electron chi connectivity index (χ0n) is 18.5. The number of hydrogen-bond acceptors (Lipinski definition) is 4. The van der Waals surface area contributed by atoms with Crippen LogP contribution in [0.15, 0.2) is 48.5 Å². The van der Waals surface area contributed by atoms with E-state index in [4.69, 9.17) is 0 Å². The number of anilines is 1. The van der Waals surface area contributed by atoms with E-state index in [1.165, 1.54) is 5.56 Å². The van der Waals surface area contributed by atoms with Crippen molar-refractivity contribution in [2.24, 2.45) is 0 Å². The van der Waals surface area contributed by atoms with Gasteiger partial charge in [0.1, 0.15) is 0 Å². The Morgan fingerprint density at radius 2 is 1.48 bits per heavy atom. The summed E-state index contributed by atoms with van der Waals surface area (Å²) in [6.45, 7) is 8.41. The summed E-state index contributed by atoms with van der Waals surface area (Å²) in [5, 5.41) is 2.91. The van der Waals surface area contributed by atoms with Gasteiger partial charge in [-0.2, -0.15) is 0 Å². The Morgan fingerprint density at radius 3 is 2.06 bits per heavy atom. The fraction of sp³-hybridized carbons (Fsp3) is 0.458. The lowest BCUT2D eigenvalue weighted by molar-refractivity contribution is 0.102. The van der Waals surface area contributed by atoms with Gasteiger partial charge < -0.3 is 5.32 Å². The van der Waals surface area contributed by atoms with Crippen LogP contribution >= 0.6 is 0 Å². The molecule has 2 aromatic rings. The maximum absolute atomic E-state index is 12.6. The summed E-state index contributed by atoms with van der Waals surface area (Å²) < 4.78 is 26.8. The van der Waals surface area contributed by atoms with Gasteiger partial charge in [0.25, 0.3) is 5.91 Å².